The molecule has 1 saturated carbocycles. The first-order chi connectivity index (χ1) is 8.79. The molecule has 0 radical (unpaired) electrons. The highest BCUT2D eigenvalue weighted by Crippen LogP contribution is 2.28. The molecule has 2 unspecified atom stereocenters. The molecule has 2 atom stereocenters. The maximum absolute atomic E-state index is 5.36. The van der Waals surface area contributed by atoms with Crippen molar-refractivity contribution >= 4 is 0 Å². The van der Waals surface area contributed by atoms with Gasteiger partial charge in [0.2, 0.25) is 0 Å². The molecule has 0 aliphatic heterocycles. The van der Waals surface area contributed by atoms with Crippen LogP contribution in [0.3, 0.4) is 0 Å². The molecule has 2 nitrogen and oxygen atoms in total. The fraction of sp³-hybridized carbons (Fsp3) is 0.625. The van der Waals surface area contributed by atoms with Crippen molar-refractivity contribution in [2.75, 3.05) is 13.7 Å². The molecule has 100 valence electrons. The molecule has 1 aliphatic carbocycles. The number of nitrogens with one attached hydrogen (secondary N) is 1. The molecule has 0 spiro atoms. The number of benzene rings is 1. The normalized spacial score (nSPS) is 23.9. The van der Waals surface area contributed by atoms with Crippen molar-refractivity contribution in [1.29, 1.82) is 0 Å². The van der Waals surface area contributed by atoms with Crippen LogP contribution in [0.25, 0.3) is 0 Å². The number of hydrogen-bond donors (Lipinski definition) is 1. The van der Waals surface area contributed by atoms with Gasteiger partial charge in [0.05, 0.1) is 7.11 Å². The zero-order chi connectivity index (χ0) is 12.8. The number of methoxy groups -OCH3 is 1. The summed E-state index contributed by atoms with van der Waals surface area (Å²) in [7, 11) is 1.74. The van der Waals surface area contributed by atoms with Crippen LogP contribution in [0.1, 0.15) is 38.2 Å². The van der Waals surface area contributed by atoms with E-state index < -0.39 is 0 Å². The Balaban J connectivity index is 1.77. The van der Waals surface area contributed by atoms with Crippen LogP contribution in [-0.2, 0) is 6.54 Å². The van der Waals surface area contributed by atoms with Crippen LogP contribution in [0, 0.1) is 11.8 Å². The minimum absolute atomic E-state index is 0.864. The van der Waals surface area contributed by atoms with Crippen molar-refractivity contribution in [3.8, 4) is 5.75 Å². The van der Waals surface area contributed by atoms with Gasteiger partial charge >= 0.3 is 0 Å². The molecule has 0 heterocycles. The Hall–Kier alpha value is -1.02. The molecule has 1 aliphatic rings. The Morgan fingerprint density at radius 3 is 2.89 bits per heavy atom. The summed E-state index contributed by atoms with van der Waals surface area (Å²) in [6.07, 6.45) is 5.60. The number of para-hydroxylation sites is 1. The zero-order valence-corrected chi connectivity index (χ0v) is 11.6. The number of rotatable bonds is 5. The van der Waals surface area contributed by atoms with E-state index in [2.05, 4.69) is 24.4 Å². The predicted molar refractivity (Wildman–Crippen MR) is 75.8 cm³/mol. The van der Waals surface area contributed by atoms with Crippen LogP contribution in [-0.4, -0.2) is 13.7 Å². The molecule has 1 aromatic rings. The van der Waals surface area contributed by atoms with E-state index in [9.17, 15) is 0 Å². The average molecular weight is 247 g/mol. The number of hydrogen-bond acceptors (Lipinski definition) is 2. The molecule has 0 amide bonds. The summed E-state index contributed by atoms with van der Waals surface area (Å²) in [4.78, 5) is 0. The Kier molecular flexibility index (Phi) is 5.06. The first-order valence-corrected chi connectivity index (χ1v) is 7.12. The quantitative estimate of drug-likeness (QED) is 0.858. The van der Waals surface area contributed by atoms with Crippen LogP contribution >= 0.6 is 0 Å². The van der Waals surface area contributed by atoms with Gasteiger partial charge < -0.3 is 10.1 Å². The fourth-order valence-corrected chi connectivity index (χ4v) is 3.01. The van der Waals surface area contributed by atoms with Crippen molar-refractivity contribution in [3.63, 3.8) is 0 Å². The summed E-state index contributed by atoms with van der Waals surface area (Å²) in [5.41, 5.74) is 1.25. The smallest absolute Gasteiger partial charge is 0.123 e. The Labute approximate surface area is 111 Å². The summed E-state index contributed by atoms with van der Waals surface area (Å²) in [5, 5.41) is 3.59. The van der Waals surface area contributed by atoms with Gasteiger partial charge in [0.25, 0.3) is 0 Å². The van der Waals surface area contributed by atoms with E-state index in [0.29, 0.717) is 0 Å². The molecule has 2 heteroatoms. The Bertz CT molecular complexity index is 364. The molecule has 1 N–H and O–H groups in total. The van der Waals surface area contributed by atoms with Crippen molar-refractivity contribution in [3.05, 3.63) is 29.8 Å². The minimum atomic E-state index is 0.864. The lowest BCUT2D eigenvalue weighted by Crippen LogP contribution is -2.26. The van der Waals surface area contributed by atoms with E-state index in [4.69, 9.17) is 4.74 Å². The average Bonchev–Trinajstić information content (AvgIpc) is 2.39. The van der Waals surface area contributed by atoms with Gasteiger partial charge in [-0.1, -0.05) is 38.0 Å². The van der Waals surface area contributed by atoms with Crippen molar-refractivity contribution in [2.45, 2.75) is 39.2 Å². The second kappa shape index (κ2) is 6.79. The van der Waals surface area contributed by atoms with Crippen LogP contribution in [0.2, 0.25) is 0 Å². The summed E-state index contributed by atoms with van der Waals surface area (Å²) < 4.78 is 5.36. The highest BCUT2D eigenvalue weighted by molar-refractivity contribution is 5.32. The van der Waals surface area contributed by atoms with Crippen molar-refractivity contribution in [2.24, 2.45) is 11.8 Å². The predicted octanol–water partition coefficient (Wildman–Crippen LogP) is 3.61. The lowest BCUT2D eigenvalue weighted by molar-refractivity contribution is 0.273. The van der Waals surface area contributed by atoms with Gasteiger partial charge in [0.1, 0.15) is 5.75 Å². The molecule has 0 bridgehead atoms. The molecule has 2 rings (SSSR count). The standard InChI is InChI=1S/C16H25NO/c1-13-6-5-7-14(10-13)11-17-12-15-8-3-4-9-16(15)18-2/h3-4,8-9,13-14,17H,5-7,10-12H2,1-2H3. The van der Waals surface area contributed by atoms with Crippen molar-refractivity contribution in [1.82, 2.24) is 5.32 Å². The van der Waals surface area contributed by atoms with Crippen LogP contribution in [0.4, 0.5) is 0 Å². The lowest BCUT2D eigenvalue weighted by Gasteiger charge is -2.27. The topological polar surface area (TPSA) is 21.3 Å². The second-order valence-corrected chi connectivity index (χ2v) is 5.58. The van der Waals surface area contributed by atoms with Gasteiger partial charge in [0, 0.05) is 12.1 Å². The third-order valence-electron chi connectivity index (χ3n) is 3.99. The maximum Gasteiger partial charge on any atom is 0.123 e. The fourth-order valence-electron chi connectivity index (χ4n) is 3.01. The third-order valence-corrected chi connectivity index (χ3v) is 3.99. The van der Waals surface area contributed by atoms with E-state index in [1.54, 1.807) is 7.11 Å². The summed E-state index contributed by atoms with van der Waals surface area (Å²) >= 11 is 0. The second-order valence-electron chi connectivity index (χ2n) is 5.58. The number of ether oxygens (including phenoxy) is 1. The monoisotopic (exact) mass is 247 g/mol. The molecule has 0 aromatic heterocycles. The highest BCUT2D eigenvalue weighted by atomic mass is 16.5. The van der Waals surface area contributed by atoms with E-state index in [0.717, 1.165) is 30.7 Å². The molecular formula is C16H25NO. The molecule has 18 heavy (non-hydrogen) atoms. The largest absolute Gasteiger partial charge is 0.496 e. The molecule has 1 aromatic carbocycles. The van der Waals surface area contributed by atoms with E-state index in [-0.39, 0.29) is 0 Å². The van der Waals surface area contributed by atoms with Gasteiger partial charge in [-0.3, -0.25) is 0 Å². The van der Waals surface area contributed by atoms with Crippen LogP contribution in [0.5, 0.6) is 5.75 Å². The zero-order valence-electron chi connectivity index (χ0n) is 11.6. The summed E-state index contributed by atoms with van der Waals surface area (Å²) in [6.45, 7) is 4.43. The first-order valence-electron chi connectivity index (χ1n) is 7.12. The van der Waals surface area contributed by atoms with Gasteiger partial charge in [-0.2, -0.15) is 0 Å². The lowest BCUT2D eigenvalue weighted by atomic mass is 9.82. The van der Waals surface area contributed by atoms with Crippen LogP contribution in [0.15, 0.2) is 24.3 Å². The highest BCUT2D eigenvalue weighted by Gasteiger charge is 2.18. The molecular weight excluding hydrogens is 222 g/mol. The maximum atomic E-state index is 5.36. The van der Waals surface area contributed by atoms with Crippen molar-refractivity contribution < 1.29 is 4.74 Å². The van der Waals surface area contributed by atoms with Crippen LogP contribution < -0.4 is 10.1 Å². The minimum Gasteiger partial charge on any atom is -0.496 e. The molecule has 0 saturated heterocycles. The van der Waals surface area contributed by atoms with Gasteiger partial charge in [-0.05, 0) is 37.3 Å². The van der Waals surface area contributed by atoms with Gasteiger partial charge in [-0.25, -0.2) is 0 Å². The Morgan fingerprint density at radius 1 is 1.28 bits per heavy atom. The summed E-state index contributed by atoms with van der Waals surface area (Å²) in [6, 6.07) is 8.25. The van der Waals surface area contributed by atoms with E-state index >= 15 is 0 Å². The Morgan fingerprint density at radius 2 is 2.11 bits per heavy atom. The van der Waals surface area contributed by atoms with Gasteiger partial charge in [-0.15, -0.1) is 0 Å². The molecule has 1 fully saturated rings. The SMILES string of the molecule is COc1ccccc1CNCC1CCCC(C)C1. The third kappa shape index (κ3) is 3.74. The first kappa shape index (κ1) is 13.4. The van der Waals surface area contributed by atoms with Gasteiger partial charge in [0.15, 0.2) is 0 Å². The van der Waals surface area contributed by atoms with E-state index in [1.165, 1.54) is 31.2 Å². The summed E-state index contributed by atoms with van der Waals surface area (Å²) in [5.74, 6) is 2.77. The van der Waals surface area contributed by atoms with E-state index in [1.807, 2.05) is 12.1 Å².